The normalized spacial score (nSPS) is 11.0. The molecule has 6 nitrogen and oxygen atoms in total. The maximum absolute atomic E-state index is 12.1. The number of benzene rings is 1. The molecule has 0 aliphatic rings. The summed E-state index contributed by atoms with van der Waals surface area (Å²) < 4.78 is 7.53. The molecule has 0 bridgehead atoms. The fraction of sp³-hybridized carbons (Fsp3) is 0.267. The number of hydrogen-bond donors (Lipinski definition) is 0. The van der Waals surface area contributed by atoms with E-state index in [9.17, 15) is 9.59 Å². The van der Waals surface area contributed by atoms with Crippen LogP contribution in [0.2, 0.25) is 0 Å². The lowest BCUT2D eigenvalue weighted by atomic mass is 10.2. The first-order chi connectivity index (χ1) is 9.95. The lowest BCUT2D eigenvalue weighted by Crippen LogP contribution is -2.37. The Kier molecular flexibility index (Phi) is 4.07. The second-order valence-corrected chi connectivity index (χ2v) is 4.67. The van der Waals surface area contributed by atoms with Gasteiger partial charge in [-0.25, -0.2) is 9.79 Å². The van der Waals surface area contributed by atoms with Crippen LogP contribution in [0.3, 0.4) is 0 Å². The number of nitrogens with zero attached hydrogens (tertiary/aromatic N) is 3. The maximum Gasteiger partial charge on any atom is 0.330 e. The molecule has 0 saturated carbocycles. The van der Waals surface area contributed by atoms with Gasteiger partial charge in [-0.15, -0.1) is 0 Å². The summed E-state index contributed by atoms with van der Waals surface area (Å²) >= 11 is 0. The third kappa shape index (κ3) is 2.79. The van der Waals surface area contributed by atoms with Crippen molar-refractivity contribution in [2.24, 2.45) is 19.1 Å². The summed E-state index contributed by atoms with van der Waals surface area (Å²) in [5, 5.41) is 0. The molecule has 0 saturated heterocycles. The van der Waals surface area contributed by atoms with Gasteiger partial charge in [0.05, 0.1) is 12.8 Å². The Hall–Kier alpha value is -2.63. The standard InChI is InChI=1S/C15H17N3O3/c1-10-13(14(19)18(3)15(20)17(10)2)16-9-11-5-7-12(21-4)8-6-11/h5-9H,1-4H3. The highest BCUT2D eigenvalue weighted by Crippen LogP contribution is 2.12. The van der Waals surface area contributed by atoms with Gasteiger partial charge in [-0.2, -0.15) is 0 Å². The zero-order valence-corrected chi connectivity index (χ0v) is 12.5. The van der Waals surface area contributed by atoms with Gasteiger partial charge in [-0.05, 0) is 36.8 Å². The van der Waals surface area contributed by atoms with Crippen LogP contribution >= 0.6 is 0 Å². The largest absolute Gasteiger partial charge is 0.497 e. The summed E-state index contributed by atoms with van der Waals surface area (Å²) in [5.41, 5.74) is 0.871. The van der Waals surface area contributed by atoms with Crippen LogP contribution in [0.4, 0.5) is 5.69 Å². The van der Waals surface area contributed by atoms with E-state index < -0.39 is 5.56 Å². The van der Waals surface area contributed by atoms with Crippen LogP contribution in [0.5, 0.6) is 5.75 Å². The lowest BCUT2D eigenvalue weighted by molar-refractivity contribution is 0.415. The number of aliphatic imine (C=N–C) groups is 1. The molecule has 2 rings (SSSR count). The Morgan fingerprint density at radius 1 is 1.10 bits per heavy atom. The minimum absolute atomic E-state index is 0.260. The molecule has 0 radical (unpaired) electrons. The molecule has 0 atom stereocenters. The number of aromatic nitrogens is 2. The molecule has 0 aliphatic carbocycles. The second-order valence-electron chi connectivity index (χ2n) is 4.67. The van der Waals surface area contributed by atoms with Gasteiger partial charge in [0.2, 0.25) is 0 Å². The molecular formula is C15H17N3O3. The van der Waals surface area contributed by atoms with E-state index in [4.69, 9.17) is 4.74 Å². The van der Waals surface area contributed by atoms with Gasteiger partial charge < -0.3 is 4.74 Å². The van der Waals surface area contributed by atoms with Crippen LogP contribution in [-0.2, 0) is 14.1 Å². The molecule has 1 aromatic carbocycles. The van der Waals surface area contributed by atoms with E-state index in [0.717, 1.165) is 15.9 Å². The highest BCUT2D eigenvalue weighted by atomic mass is 16.5. The first-order valence-corrected chi connectivity index (χ1v) is 6.40. The Morgan fingerprint density at radius 2 is 1.71 bits per heavy atom. The van der Waals surface area contributed by atoms with E-state index >= 15 is 0 Å². The fourth-order valence-corrected chi connectivity index (χ4v) is 1.91. The summed E-state index contributed by atoms with van der Waals surface area (Å²) in [5.74, 6) is 0.751. The van der Waals surface area contributed by atoms with Crippen molar-refractivity contribution in [1.82, 2.24) is 9.13 Å². The van der Waals surface area contributed by atoms with Crippen molar-refractivity contribution < 1.29 is 4.74 Å². The molecule has 2 aromatic rings. The first-order valence-electron chi connectivity index (χ1n) is 6.40. The molecule has 6 heteroatoms. The number of ether oxygens (including phenoxy) is 1. The smallest absolute Gasteiger partial charge is 0.330 e. The molecular weight excluding hydrogens is 270 g/mol. The average molecular weight is 287 g/mol. The maximum atomic E-state index is 12.1. The Bertz CT molecular complexity index is 799. The second kappa shape index (κ2) is 5.78. The van der Waals surface area contributed by atoms with E-state index in [-0.39, 0.29) is 11.4 Å². The van der Waals surface area contributed by atoms with Crippen LogP contribution in [-0.4, -0.2) is 22.5 Å². The molecule has 1 aromatic heterocycles. The average Bonchev–Trinajstić information content (AvgIpc) is 2.51. The van der Waals surface area contributed by atoms with Crippen molar-refractivity contribution >= 4 is 11.9 Å². The van der Waals surface area contributed by atoms with Gasteiger partial charge in [-0.1, -0.05) is 0 Å². The van der Waals surface area contributed by atoms with E-state index in [2.05, 4.69) is 4.99 Å². The quantitative estimate of drug-likeness (QED) is 0.795. The predicted molar refractivity (Wildman–Crippen MR) is 81.9 cm³/mol. The topological polar surface area (TPSA) is 65.6 Å². The summed E-state index contributed by atoms with van der Waals surface area (Å²) in [7, 11) is 4.65. The molecule has 21 heavy (non-hydrogen) atoms. The monoisotopic (exact) mass is 287 g/mol. The lowest BCUT2D eigenvalue weighted by Gasteiger charge is -2.08. The van der Waals surface area contributed by atoms with Crippen LogP contribution in [0.1, 0.15) is 11.3 Å². The van der Waals surface area contributed by atoms with Gasteiger partial charge in [-0.3, -0.25) is 13.9 Å². The Balaban J connectivity index is 2.46. The fourth-order valence-electron chi connectivity index (χ4n) is 1.91. The predicted octanol–water partition coefficient (Wildman–Crippen LogP) is 1.15. The molecule has 110 valence electrons. The van der Waals surface area contributed by atoms with Gasteiger partial charge in [0, 0.05) is 20.3 Å². The molecule has 0 spiro atoms. The van der Waals surface area contributed by atoms with Crippen molar-refractivity contribution in [2.75, 3.05) is 7.11 Å². The molecule has 0 N–H and O–H groups in total. The summed E-state index contributed by atoms with van der Waals surface area (Å²) in [6.45, 7) is 1.70. The highest BCUT2D eigenvalue weighted by Gasteiger charge is 2.10. The minimum Gasteiger partial charge on any atom is -0.497 e. The van der Waals surface area contributed by atoms with Crippen LogP contribution in [0.25, 0.3) is 0 Å². The molecule has 0 aliphatic heterocycles. The van der Waals surface area contributed by atoms with E-state index in [0.29, 0.717) is 5.69 Å². The van der Waals surface area contributed by atoms with Crippen molar-refractivity contribution in [3.8, 4) is 5.75 Å². The zero-order valence-electron chi connectivity index (χ0n) is 12.5. The minimum atomic E-state index is -0.402. The van der Waals surface area contributed by atoms with Crippen molar-refractivity contribution in [3.05, 3.63) is 56.4 Å². The third-order valence-electron chi connectivity index (χ3n) is 3.39. The molecule has 0 unspecified atom stereocenters. The van der Waals surface area contributed by atoms with E-state index in [1.807, 2.05) is 24.3 Å². The summed E-state index contributed by atoms with van der Waals surface area (Å²) in [4.78, 5) is 28.1. The van der Waals surface area contributed by atoms with Crippen LogP contribution in [0.15, 0.2) is 38.8 Å². The van der Waals surface area contributed by atoms with Crippen LogP contribution < -0.4 is 16.0 Å². The summed E-state index contributed by atoms with van der Waals surface area (Å²) in [6.07, 6.45) is 1.59. The van der Waals surface area contributed by atoms with Crippen LogP contribution in [0, 0.1) is 6.92 Å². The Labute approximate surface area is 122 Å². The van der Waals surface area contributed by atoms with Crippen molar-refractivity contribution in [1.29, 1.82) is 0 Å². The SMILES string of the molecule is COc1ccc(C=Nc2c(C)n(C)c(=O)n(C)c2=O)cc1. The number of methoxy groups -OCH3 is 1. The molecule has 0 amide bonds. The third-order valence-corrected chi connectivity index (χ3v) is 3.39. The highest BCUT2D eigenvalue weighted by molar-refractivity contribution is 5.82. The summed E-state index contributed by atoms with van der Waals surface area (Å²) in [6, 6.07) is 7.30. The van der Waals surface area contributed by atoms with Gasteiger partial charge in [0.15, 0.2) is 0 Å². The number of rotatable bonds is 3. The van der Waals surface area contributed by atoms with Crippen molar-refractivity contribution in [3.63, 3.8) is 0 Å². The molecule has 1 heterocycles. The molecule has 0 fully saturated rings. The Morgan fingerprint density at radius 3 is 2.29 bits per heavy atom. The van der Waals surface area contributed by atoms with Gasteiger partial charge in [0.1, 0.15) is 11.4 Å². The van der Waals surface area contributed by atoms with Gasteiger partial charge >= 0.3 is 5.69 Å². The van der Waals surface area contributed by atoms with Gasteiger partial charge in [0.25, 0.3) is 5.56 Å². The zero-order chi connectivity index (χ0) is 15.6. The van der Waals surface area contributed by atoms with E-state index in [1.54, 1.807) is 27.3 Å². The van der Waals surface area contributed by atoms with Crippen molar-refractivity contribution in [2.45, 2.75) is 6.92 Å². The number of hydrogen-bond acceptors (Lipinski definition) is 4. The first kappa shape index (κ1) is 14.8. The van der Waals surface area contributed by atoms with E-state index in [1.165, 1.54) is 11.6 Å².